The summed E-state index contributed by atoms with van der Waals surface area (Å²) < 4.78 is 13.0. The Bertz CT molecular complexity index is 529. The molecule has 2 aromatic heterocycles. The topological polar surface area (TPSA) is 41.6 Å². The van der Waals surface area contributed by atoms with Crippen LogP contribution in [0, 0.1) is 12.7 Å². The fraction of sp³-hybridized carbons (Fsp3) is 0.333. The zero-order valence-electron chi connectivity index (χ0n) is 9.00. The smallest absolute Gasteiger partial charge is 0.141 e. The van der Waals surface area contributed by atoms with E-state index in [4.69, 9.17) is 0 Å². The summed E-state index contributed by atoms with van der Waals surface area (Å²) in [7, 11) is 0. The first kappa shape index (κ1) is 9.51. The third-order valence-corrected chi connectivity index (χ3v) is 2.93. The average molecular weight is 217 g/mol. The number of nitrogens with one attached hydrogen (secondary N) is 1. The first-order valence-electron chi connectivity index (χ1n) is 5.42. The van der Waals surface area contributed by atoms with Gasteiger partial charge in [0, 0.05) is 17.7 Å². The van der Waals surface area contributed by atoms with Gasteiger partial charge >= 0.3 is 0 Å². The van der Waals surface area contributed by atoms with E-state index in [1.165, 1.54) is 25.1 Å². The second-order valence-corrected chi connectivity index (χ2v) is 4.28. The Kier molecular flexibility index (Phi) is 2.02. The van der Waals surface area contributed by atoms with Crippen molar-refractivity contribution >= 4 is 0 Å². The Labute approximate surface area is 92.7 Å². The maximum atomic E-state index is 13.0. The summed E-state index contributed by atoms with van der Waals surface area (Å²) in [6.07, 6.45) is 5.49. The third kappa shape index (κ3) is 1.50. The number of pyridine rings is 1. The molecule has 0 radical (unpaired) electrons. The van der Waals surface area contributed by atoms with Crippen molar-refractivity contribution in [1.29, 1.82) is 0 Å². The molecule has 3 nitrogen and oxygen atoms in total. The average Bonchev–Trinajstić information content (AvgIpc) is 2.98. The molecule has 1 saturated carbocycles. The minimum Gasteiger partial charge on any atom is -0.285 e. The molecule has 4 heteroatoms. The molecule has 3 rings (SSSR count). The molecule has 0 spiro atoms. The van der Waals surface area contributed by atoms with Crippen molar-refractivity contribution < 1.29 is 4.39 Å². The first-order chi connectivity index (χ1) is 7.75. The zero-order chi connectivity index (χ0) is 11.1. The lowest BCUT2D eigenvalue weighted by Crippen LogP contribution is -1.92. The lowest BCUT2D eigenvalue weighted by Gasteiger charge is -2.04. The Morgan fingerprint density at radius 1 is 1.44 bits per heavy atom. The van der Waals surface area contributed by atoms with E-state index in [-0.39, 0.29) is 5.82 Å². The van der Waals surface area contributed by atoms with Gasteiger partial charge in [-0.15, -0.1) is 0 Å². The Morgan fingerprint density at radius 2 is 2.25 bits per heavy atom. The van der Waals surface area contributed by atoms with Gasteiger partial charge in [0.2, 0.25) is 0 Å². The molecule has 0 saturated heterocycles. The lowest BCUT2D eigenvalue weighted by molar-refractivity contribution is 0.620. The summed E-state index contributed by atoms with van der Waals surface area (Å²) in [4.78, 5) is 4.16. The normalized spacial score (nSPS) is 15.4. The molecule has 0 unspecified atom stereocenters. The summed E-state index contributed by atoms with van der Waals surface area (Å²) in [5, 5.41) is 7.14. The molecular weight excluding hydrogens is 205 g/mol. The fourth-order valence-electron chi connectivity index (χ4n) is 1.98. The Balaban J connectivity index is 2.10. The summed E-state index contributed by atoms with van der Waals surface area (Å²) >= 11 is 0. The van der Waals surface area contributed by atoms with E-state index >= 15 is 0 Å². The second-order valence-electron chi connectivity index (χ2n) is 4.28. The number of aromatic nitrogens is 3. The highest BCUT2D eigenvalue weighted by molar-refractivity contribution is 5.65. The molecule has 1 N–H and O–H groups in total. The van der Waals surface area contributed by atoms with Crippen molar-refractivity contribution in [2.24, 2.45) is 0 Å². The van der Waals surface area contributed by atoms with Gasteiger partial charge in [-0.3, -0.25) is 10.1 Å². The maximum Gasteiger partial charge on any atom is 0.141 e. The van der Waals surface area contributed by atoms with Gasteiger partial charge in [0.1, 0.15) is 5.82 Å². The molecule has 0 bridgehead atoms. The number of rotatable bonds is 2. The van der Waals surface area contributed by atoms with Gasteiger partial charge in [-0.1, -0.05) is 0 Å². The summed E-state index contributed by atoms with van der Waals surface area (Å²) in [6.45, 7) is 1.87. The van der Waals surface area contributed by atoms with Crippen molar-refractivity contribution in [3.8, 4) is 11.3 Å². The highest BCUT2D eigenvalue weighted by Crippen LogP contribution is 2.43. The number of hydrogen-bond acceptors (Lipinski definition) is 2. The van der Waals surface area contributed by atoms with Crippen LogP contribution < -0.4 is 0 Å². The molecule has 1 aliphatic carbocycles. The van der Waals surface area contributed by atoms with Crippen LogP contribution in [-0.2, 0) is 0 Å². The maximum absolute atomic E-state index is 13.0. The molecule has 82 valence electrons. The number of aromatic amines is 1. The van der Waals surface area contributed by atoms with E-state index in [0.717, 1.165) is 22.5 Å². The molecule has 0 aliphatic heterocycles. The van der Waals surface area contributed by atoms with Crippen molar-refractivity contribution in [2.45, 2.75) is 25.7 Å². The number of H-pyrrole nitrogens is 1. The molecule has 2 aromatic rings. The van der Waals surface area contributed by atoms with Crippen LogP contribution in [0.15, 0.2) is 18.5 Å². The van der Waals surface area contributed by atoms with E-state index in [2.05, 4.69) is 15.2 Å². The van der Waals surface area contributed by atoms with Gasteiger partial charge in [0.25, 0.3) is 0 Å². The Hall–Kier alpha value is -1.71. The molecule has 1 aliphatic rings. The quantitative estimate of drug-likeness (QED) is 0.840. The van der Waals surface area contributed by atoms with Crippen LogP contribution in [-0.4, -0.2) is 15.2 Å². The molecule has 0 amide bonds. The molecule has 1 fully saturated rings. The van der Waals surface area contributed by atoms with Crippen molar-refractivity contribution in [1.82, 2.24) is 15.2 Å². The van der Waals surface area contributed by atoms with E-state index < -0.39 is 0 Å². The van der Waals surface area contributed by atoms with Crippen molar-refractivity contribution in [2.75, 3.05) is 0 Å². The van der Waals surface area contributed by atoms with Gasteiger partial charge in [-0.2, -0.15) is 5.10 Å². The molecular formula is C12H12FN3. The predicted octanol–water partition coefficient (Wildman–Crippen LogP) is 2.80. The van der Waals surface area contributed by atoms with E-state index in [0.29, 0.717) is 5.92 Å². The minimum atomic E-state index is -0.294. The van der Waals surface area contributed by atoms with Gasteiger partial charge < -0.3 is 0 Å². The lowest BCUT2D eigenvalue weighted by atomic mass is 10.1. The van der Waals surface area contributed by atoms with E-state index in [9.17, 15) is 4.39 Å². The highest BCUT2D eigenvalue weighted by atomic mass is 19.1. The van der Waals surface area contributed by atoms with Crippen LogP contribution in [0.5, 0.6) is 0 Å². The number of aryl methyl sites for hydroxylation is 1. The van der Waals surface area contributed by atoms with Crippen molar-refractivity contribution in [3.63, 3.8) is 0 Å². The van der Waals surface area contributed by atoms with Crippen LogP contribution >= 0.6 is 0 Å². The SMILES string of the molecule is Cc1cc(F)cnc1-c1c[nH]nc1C1CC1. The monoisotopic (exact) mass is 217 g/mol. The third-order valence-electron chi connectivity index (χ3n) is 2.93. The molecule has 0 aromatic carbocycles. The van der Waals surface area contributed by atoms with Gasteiger partial charge in [-0.25, -0.2) is 4.39 Å². The van der Waals surface area contributed by atoms with E-state index in [1.807, 2.05) is 13.1 Å². The van der Waals surface area contributed by atoms with Gasteiger partial charge in [0.15, 0.2) is 0 Å². The van der Waals surface area contributed by atoms with Crippen LogP contribution in [0.4, 0.5) is 4.39 Å². The molecule has 16 heavy (non-hydrogen) atoms. The van der Waals surface area contributed by atoms with Crippen LogP contribution in [0.1, 0.15) is 30.0 Å². The predicted molar refractivity (Wildman–Crippen MR) is 58.5 cm³/mol. The number of halogens is 1. The number of nitrogens with zero attached hydrogens (tertiary/aromatic N) is 2. The summed E-state index contributed by atoms with van der Waals surface area (Å²) in [5.74, 6) is 0.269. The summed E-state index contributed by atoms with van der Waals surface area (Å²) in [6, 6.07) is 1.51. The standard InChI is InChI=1S/C12H12FN3/c1-7-4-9(13)5-14-11(7)10-6-15-16-12(10)8-2-3-8/h4-6,8H,2-3H2,1H3,(H,15,16). The number of hydrogen-bond donors (Lipinski definition) is 1. The highest BCUT2D eigenvalue weighted by Gasteiger charge is 2.29. The molecule has 2 heterocycles. The minimum absolute atomic E-state index is 0.294. The summed E-state index contributed by atoms with van der Waals surface area (Å²) in [5.41, 5.74) is 3.77. The largest absolute Gasteiger partial charge is 0.285 e. The molecule has 0 atom stereocenters. The van der Waals surface area contributed by atoms with Crippen molar-refractivity contribution in [3.05, 3.63) is 35.5 Å². The van der Waals surface area contributed by atoms with Gasteiger partial charge in [0.05, 0.1) is 17.6 Å². The van der Waals surface area contributed by atoms with Crippen LogP contribution in [0.3, 0.4) is 0 Å². The second kappa shape index (κ2) is 3.40. The first-order valence-corrected chi connectivity index (χ1v) is 5.42. The fourth-order valence-corrected chi connectivity index (χ4v) is 1.98. The van der Waals surface area contributed by atoms with E-state index in [1.54, 1.807) is 0 Å². The van der Waals surface area contributed by atoms with Crippen LogP contribution in [0.2, 0.25) is 0 Å². The van der Waals surface area contributed by atoms with Gasteiger partial charge in [-0.05, 0) is 31.4 Å². The van der Waals surface area contributed by atoms with Crippen LogP contribution in [0.25, 0.3) is 11.3 Å². The Morgan fingerprint density at radius 3 is 2.94 bits per heavy atom. The zero-order valence-corrected chi connectivity index (χ0v) is 9.00.